The quantitative estimate of drug-likeness (QED) is 0.726. The number of nitrogens with one attached hydrogen (secondary N) is 1. The molecule has 1 aromatic heterocycles. The number of morpholine rings is 1. The molecule has 1 saturated heterocycles. The van der Waals surface area contributed by atoms with Crippen LogP contribution in [0.4, 0.5) is 0 Å². The summed E-state index contributed by atoms with van der Waals surface area (Å²) >= 11 is 0. The minimum Gasteiger partial charge on any atom is -0.379 e. The van der Waals surface area contributed by atoms with Gasteiger partial charge in [0.15, 0.2) is 0 Å². The molecule has 1 aliphatic heterocycles. The fourth-order valence-corrected chi connectivity index (χ4v) is 2.20. The van der Waals surface area contributed by atoms with Gasteiger partial charge in [0.05, 0.1) is 18.9 Å². The van der Waals surface area contributed by atoms with Crippen LogP contribution in [0, 0.1) is 0 Å². The number of nitrogens with zero attached hydrogens (tertiary/aromatic N) is 3. The van der Waals surface area contributed by atoms with Crippen molar-refractivity contribution in [2.75, 3.05) is 39.4 Å². The van der Waals surface area contributed by atoms with E-state index in [9.17, 15) is 0 Å². The Labute approximate surface area is 109 Å². The summed E-state index contributed by atoms with van der Waals surface area (Å²) in [6, 6.07) is 2.09. The van der Waals surface area contributed by atoms with E-state index in [4.69, 9.17) is 4.74 Å². The molecule has 0 bridgehead atoms. The van der Waals surface area contributed by atoms with Crippen molar-refractivity contribution in [1.29, 1.82) is 0 Å². The Morgan fingerprint density at radius 3 is 2.94 bits per heavy atom. The van der Waals surface area contributed by atoms with Gasteiger partial charge in [0.1, 0.15) is 0 Å². The van der Waals surface area contributed by atoms with Crippen molar-refractivity contribution in [1.82, 2.24) is 20.0 Å². The van der Waals surface area contributed by atoms with Gasteiger partial charge >= 0.3 is 0 Å². The number of aromatic nitrogens is 2. The van der Waals surface area contributed by atoms with Crippen molar-refractivity contribution in [2.45, 2.75) is 26.4 Å². The van der Waals surface area contributed by atoms with Crippen LogP contribution >= 0.6 is 0 Å². The molecule has 0 spiro atoms. The third kappa shape index (κ3) is 4.08. The predicted molar refractivity (Wildman–Crippen MR) is 71.5 cm³/mol. The van der Waals surface area contributed by atoms with Gasteiger partial charge in [-0.1, -0.05) is 6.92 Å². The lowest BCUT2D eigenvalue weighted by Gasteiger charge is -2.26. The maximum absolute atomic E-state index is 5.33. The first-order chi connectivity index (χ1) is 8.90. The summed E-state index contributed by atoms with van der Waals surface area (Å²) in [5.74, 6) is 0. The van der Waals surface area contributed by atoms with E-state index in [1.807, 2.05) is 6.20 Å². The number of hydrogen-bond acceptors (Lipinski definition) is 4. The first-order valence-corrected chi connectivity index (χ1v) is 6.91. The molecule has 18 heavy (non-hydrogen) atoms. The molecule has 5 heteroatoms. The van der Waals surface area contributed by atoms with Crippen molar-refractivity contribution in [3.63, 3.8) is 0 Å². The fraction of sp³-hybridized carbons (Fsp3) is 0.769. The maximum Gasteiger partial charge on any atom is 0.0594 e. The van der Waals surface area contributed by atoms with Crippen LogP contribution in [0.15, 0.2) is 12.3 Å². The molecule has 102 valence electrons. The largest absolute Gasteiger partial charge is 0.379 e. The van der Waals surface area contributed by atoms with Gasteiger partial charge in [-0.25, -0.2) is 0 Å². The van der Waals surface area contributed by atoms with Gasteiger partial charge in [-0.3, -0.25) is 9.58 Å². The molecule has 1 aliphatic rings. The normalized spacial score (nSPS) is 17.2. The Morgan fingerprint density at radius 2 is 2.17 bits per heavy atom. The van der Waals surface area contributed by atoms with Crippen molar-refractivity contribution >= 4 is 0 Å². The zero-order valence-corrected chi connectivity index (χ0v) is 11.3. The number of aryl methyl sites for hydroxylation is 1. The average Bonchev–Trinajstić information content (AvgIpc) is 2.84. The summed E-state index contributed by atoms with van der Waals surface area (Å²) in [5, 5.41) is 7.81. The molecule has 0 aliphatic carbocycles. The first kappa shape index (κ1) is 13.5. The monoisotopic (exact) mass is 252 g/mol. The average molecular weight is 252 g/mol. The lowest BCUT2D eigenvalue weighted by atomic mass is 10.3. The Kier molecular flexibility index (Phi) is 5.64. The molecule has 2 heterocycles. The molecule has 5 nitrogen and oxygen atoms in total. The van der Waals surface area contributed by atoms with Gasteiger partial charge < -0.3 is 10.1 Å². The van der Waals surface area contributed by atoms with E-state index in [1.54, 1.807) is 0 Å². The molecule has 1 N–H and O–H groups in total. The molecule has 0 amide bonds. The number of hydrogen-bond donors (Lipinski definition) is 1. The Morgan fingerprint density at radius 1 is 1.33 bits per heavy atom. The smallest absolute Gasteiger partial charge is 0.0594 e. The van der Waals surface area contributed by atoms with Crippen LogP contribution in [0.1, 0.15) is 19.0 Å². The second kappa shape index (κ2) is 7.51. The molecular weight excluding hydrogens is 228 g/mol. The highest BCUT2D eigenvalue weighted by molar-refractivity contribution is 4.99. The number of rotatable bonds is 7. The SMILES string of the molecule is CCCn1nccc1CNCCN1CCOCC1. The molecule has 1 aromatic rings. The Bertz CT molecular complexity index is 333. The highest BCUT2D eigenvalue weighted by atomic mass is 16.5. The predicted octanol–water partition coefficient (Wildman–Crippen LogP) is 0.715. The standard InChI is InChI=1S/C13H24N4O/c1-2-6-17-13(3-4-15-17)12-14-5-7-16-8-10-18-11-9-16/h3-4,14H,2,5-12H2,1H3. The zero-order chi connectivity index (χ0) is 12.6. The molecule has 2 rings (SSSR count). The second-order valence-electron chi connectivity index (χ2n) is 4.68. The minimum atomic E-state index is 0.878. The van der Waals surface area contributed by atoms with Crippen LogP contribution in [0.2, 0.25) is 0 Å². The lowest BCUT2D eigenvalue weighted by molar-refractivity contribution is 0.0384. The van der Waals surface area contributed by atoms with E-state index in [0.717, 1.165) is 58.9 Å². The fourth-order valence-electron chi connectivity index (χ4n) is 2.20. The van der Waals surface area contributed by atoms with Crippen molar-refractivity contribution in [2.24, 2.45) is 0 Å². The van der Waals surface area contributed by atoms with Crippen LogP contribution < -0.4 is 5.32 Å². The molecule has 0 radical (unpaired) electrons. The van der Waals surface area contributed by atoms with Crippen molar-refractivity contribution in [3.05, 3.63) is 18.0 Å². The van der Waals surface area contributed by atoms with Crippen molar-refractivity contribution in [3.8, 4) is 0 Å². The second-order valence-corrected chi connectivity index (χ2v) is 4.68. The molecule has 0 aromatic carbocycles. The lowest BCUT2D eigenvalue weighted by Crippen LogP contribution is -2.40. The van der Waals surface area contributed by atoms with E-state index < -0.39 is 0 Å². The highest BCUT2D eigenvalue weighted by Crippen LogP contribution is 2.00. The van der Waals surface area contributed by atoms with Crippen LogP contribution in [0.3, 0.4) is 0 Å². The number of ether oxygens (including phenoxy) is 1. The van der Waals surface area contributed by atoms with Crippen LogP contribution in [-0.4, -0.2) is 54.1 Å². The summed E-state index contributed by atoms with van der Waals surface area (Å²) in [6.07, 6.45) is 3.01. The molecule has 0 atom stereocenters. The topological polar surface area (TPSA) is 42.3 Å². The molecule has 0 unspecified atom stereocenters. The van der Waals surface area contributed by atoms with E-state index in [0.29, 0.717) is 0 Å². The summed E-state index contributed by atoms with van der Waals surface area (Å²) in [7, 11) is 0. The van der Waals surface area contributed by atoms with Gasteiger partial charge in [-0.15, -0.1) is 0 Å². The van der Waals surface area contributed by atoms with Crippen LogP contribution in [-0.2, 0) is 17.8 Å². The van der Waals surface area contributed by atoms with Gasteiger partial charge in [0.25, 0.3) is 0 Å². The van der Waals surface area contributed by atoms with Gasteiger partial charge in [0.2, 0.25) is 0 Å². The van der Waals surface area contributed by atoms with E-state index in [1.165, 1.54) is 5.69 Å². The van der Waals surface area contributed by atoms with Gasteiger partial charge in [0, 0.05) is 45.5 Å². The van der Waals surface area contributed by atoms with E-state index in [2.05, 4.69) is 33.0 Å². The summed E-state index contributed by atoms with van der Waals surface area (Å²) in [4.78, 5) is 2.44. The molecular formula is C13H24N4O. The third-order valence-electron chi connectivity index (χ3n) is 3.25. The molecule has 0 saturated carbocycles. The summed E-state index contributed by atoms with van der Waals surface area (Å²) in [5.41, 5.74) is 1.28. The maximum atomic E-state index is 5.33. The third-order valence-corrected chi connectivity index (χ3v) is 3.25. The Hall–Kier alpha value is -0.910. The summed E-state index contributed by atoms with van der Waals surface area (Å²) < 4.78 is 7.42. The van der Waals surface area contributed by atoms with Gasteiger partial charge in [-0.05, 0) is 12.5 Å². The molecule has 1 fully saturated rings. The summed E-state index contributed by atoms with van der Waals surface area (Å²) in [6.45, 7) is 10.1. The van der Waals surface area contributed by atoms with Crippen LogP contribution in [0.25, 0.3) is 0 Å². The Balaban J connectivity index is 1.63. The van der Waals surface area contributed by atoms with Gasteiger partial charge in [-0.2, -0.15) is 5.10 Å². The van der Waals surface area contributed by atoms with E-state index >= 15 is 0 Å². The van der Waals surface area contributed by atoms with E-state index in [-0.39, 0.29) is 0 Å². The van der Waals surface area contributed by atoms with Crippen molar-refractivity contribution < 1.29 is 4.74 Å². The first-order valence-electron chi connectivity index (χ1n) is 6.91. The highest BCUT2D eigenvalue weighted by Gasteiger charge is 2.09. The van der Waals surface area contributed by atoms with Crippen LogP contribution in [0.5, 0.6) is 0 Å². The minimum absolute atomic E-state index is 0.878. The zero-order valence-electron chi connectivity index (χ0n) is 11.3.